The van der Waals surface area contributed by atoms with Crippen molar-refractivity contribution in [3.63, 3.8) is 0 Å². The van der Waals surface area contributed by atoms with E-state index in [9.17, 15) is 10.2 Å². The number of aliphatic hydroxyl groups excluding tert-OH is 1. The lowest BCUT2D eigenvalue weighted by molar-refractivity contribution is 0.285. The topological polar surface area (TPSA) is 72.7 Å². The second kappa shape index (κ2) is 4.83. The maximum absolute atomic E-state index is 9.49. The molecule has 78 valence electrons. The maximum atomic E-state index is 9.49. The molecule has 0 aliphatic carbocycles. The monoisotopic (exact) mass is 197 g/mol. The molecule has 0 aliphatic rings. The van der Waals surface area contributed by atoms with Crippen LogP contribution in [0.5, 0.6) is 11.5 Å². The Kier molecular flexibility index (Phi) is 3.73. The highest BCUT2D eigenvalue weighted by Gasteiger charge is 2.09. The lowest BCUT2D eigenvalue weighted by Crippen LogP contribution is -2.22. The normalized spacial score (nSPS) is 12.7. The summed E-state index contributed by atoms with van der Waals surface area (Å²) in [6.45, 7) is 2.35. The van der Waals surface area contributed by atoms with Gasteiger partial charge in [0.25, 0.3) is 0 Å². The number of nitrogens with one attached hydrogen (secondary N) is 1. The summed E-state index contributed by atoms with van der Waals surface area (Å²) in [6, 6.07) is 4.28. The van der Waals surface area contributed by atoms with Crippen molar-refractivity contribution in [1.29, 1.82) is 0 Å². The van der Waals surface area contributed by atoms with Gasteiger partial charge in [-0.1, -0.05) is 0 Å². The second-order valence-electron chi connectivity index (χ2n) is 3.14. The van der Waals surface area contributed by atoms with Gasteiger partial charge < -0.3 is 20.6 Å². The molecule has 0 aromatic heterocycles. The van der Waals surface area contributed by atoms with Crippen molar-refractivity contribution in [1.82, 2.24) is 5.32 Å². The van der Waals surface area contributed by atoms with Crippen LogP contribution in [0.15, 0.2) is 18.2 Å². The van der Waals surface area contributed by atoms with E-state index in [0.29, 0.717) is 12.1 Å². The molecule has 0 amide bonds. The summed E-state index contributed by atoms with van der Waals surface area (Å²) in [5.74, 6) is 0.260. The molecule has 4 N–H and O–H groups in total. The van der Waals surface area contributed by atoms with Gasteiger partial charge in [0.05, 0.1) is 6.61 Å². The van der Waals surface area contributed by atoms with Gasteiger partial charge in [0.1, 0.15) is 11.5 Å². The number of hydrogen-bond acceptors (Lipinski definition) is 4. The molecule has 0 spiro atoms. The SMILES string of the molecule is CC(NCCO)c1cc(O)ccc1O. The third kappa shape index (κ3) is 2.61. The van der Waals surface area contributed by atoms with Gasteiger partial charge in [-0.15, -0.1) is 0 Å². The number of aliphatic hydroxyl groups is 1. The van der Waals surface area contributed by atoms with Crippen molar-refractivity contribution in [2.45, 2.75) is 13.0 Å². The summed E-state index contributed by atoms with van der Waals surface area (Å²) in [5.41, 5.74) is 0.624. The third-order valence-corrected chi connectivity index (χ3v) is 2.04. The highest BCUT2D eigenvalue weighted by molar-refractivity contribution is 5.40. The quantitative estimate of drug-likeness (QED) is 0.537. The van der Waals surface area contributed by atoms with E-state index in [1.54, 1.807) is 0 Å². The second-order valence-corrected chi connectivity index (χ2v) is 3.14. The zero-order chi connectivity index (χ0) is 10.6. The van der Waals surface area contributed by atoms with Crippen LogP contribution in [0.3, 0.4) is 0 Å². The van der Waals surface area contributed by atoms with E-state index in [1.165, 1.54) is 18.2 Å². The van der Waals surface area contributed by atoms with Gasteiger partial charge in [0.2, 0.25) is 0 Å². The first-order valence-corrected chi connectivity index (χ1v) is 4.51. The van der Waals surface area contributed by atoms with Crippen LogP contribution in [0.1, 0.15) is 18.5 Å². The molecule has 1 aromatic carbocycles. The van der Waals surface area contributed by atoms with Crippen molar-refractivity contribution in [3.8, 4) is 11.5 Å². The van der Waals surface area contributed by atoms with Crippen molar-refractivity contribution < 1.29 is 15.3 Å². The van der Waals surface area contributed by atoms with E-state index in [0.717, 1.165) is 0 Å². The van der Waals surface area contributed by atoms with E-state index in [4.69, 9.17) is 5.11 Å². The van der Waals surface area contributed by atoms with Gasteiger partial charge in [0.15, 0.2) is 0 Å². The van der Waals surface area contributed by atoms with Crippen LogP contribution >= 0.6 is 0 Å². The molecule has 4 nitrogen and oxygen atoms in total. The van der Waals surface area contributed by atoms with Crippen molar-refractivity contribution in [2.75, 3.05) is 13.2 Å². The largest absolute Gasteiger partial charge is 0.508 e. The molecular formula is C10H15NO3. The molecule has 0 radical (unpaired) electrons. The smallest absolute Gasteiger partial charge is 0.120 e. The van der Waals surface area contributed by atoms with Crippen LogP contribution in [-0.4, -0.2) is 28.5 Å². The maximum Gasteiger partial charge on any atom is 0.120 e. The minimum atomic E-state index is -0.103. The fraction of sp³-hybridized carbons (Fsp3) is 0.400. The highest BCUT2D eigenvalue weighted by Crippen LogP contribution is 2.27. The van der Waals surface area contributed by atoms with Crippen LogP contribution in [0.25, 0.3) is 0 Å². The molecule has 1 atom stereocenters. The summed E-state index contributed by atoms with van der Waals surface area (Å²) in [6.07, 6.45) is 0. The number of rotatable bonds is 4. The van der Waals surface area contributed by atoms with Crippen LogP contribution in [0, 0.1) is 0 Å². The number of hydrogen-bond donors (Lipinski definition) is 4. The Balaban J connectivity index is 2.77. The third-order valence-electron chi connectivity index (χ3n) is 2.04. The zero-order valence-electron chi connectivity index (χ0n) is 8.07. The summed E-state index contributed by atoms with van der Waals surface area (Å²) in [7, 11) is 0. The van der Waals surface area contributed by atoms with Gasteiger partial charge in [-0.25, -0.2) is 0 Å². The number of phenols is 2. The first-order chi connectivity index (χ1) is 6.65. The molecule has 1 rings (SSSR count). The van der Waals surface area contributed by atoms with E-state index in [-0.39, 0.29) is 24.1 Å². The average Bonchev–Trinajstić information content (AvgIpc) is 2.18. The predicted octanol–water partition coefficient (Wildman–Crippen LogP) is 0.741. The molecule has 0 bridgehead atoms. The van der Waals surface area contributed by atoms with E-state index in [1.807, 2.05) is 6.92 Å². The number of phenolic OH excluding ortho intramolecular Hbond substituents is 2. The lowest BCUT2D eigenvalue weighted by atomic mass is 10.1. The molecule has 0 saturated heterocycles. The molecule has 1 unspecified atom stereocenters. The number of aromatic hydroxyl groups is 2. The zero-order valence-corrected chi connectivity index (χ0v) is 8.07. The molecule has 0 fully saturated rings. The Morgan fingerprint density at radius 3 is 2.71 bits per heavy atom. The molecule has 4 heteroatoms. The van der Waals surface area contributed by atoms with E-state index < -0.39 is 0 Å². The summed E-state index contributed by atoms with van der Waals surface area (Å²) in [5, 5.41) is 30.3. The summed E-state index contributed by atoms with van der Waals surface area (Å²) in [4.78, 5) is 0. The van der Waals surface area contributed by atoms with Crippen LogP contribution in [0.2, 0.25) is 0 Å². The lowest BCUT2D eigenvalue weighted by Gasteiger charge is -2.14. The van der Waals surface area contributed by atoms with Gasteiger partial charge in [-0.3, -0.25) is 0 Å². The Morgan fingerprint density at radius 2 is 2.07 bits per heavy atom. The van der Waals surface area contributed by atoms with Gasteiger partial charge in [-0.2, -0.15) is 0 Å². The Bertz CT molecular complexity index is 301. The minimum Gasteiger partial charge on any atom is -0.508 e. The van der Waals surface area contributed by atoms with E-state index >= 15 is 0 Å². The van der Waals surface area contributed by atoms with Crippen molar-refractivity contribution >= 4 is 0 Å². The average molecular weight is 197 g/mol. The van der Waals surface area contributed by atoms with E-state index in [2.05, 4.69) is 5.32 Å². The fourth-order valence-electron chi connectivity index (χ4n) is 1.28. The highest BCUT2D eigenvalue weighted by atomic mass is 16.3. The van der Waals surface area contributed by atoms with Gasteiger partial charge in [-0.05, 0) is 25.1 Å². The van der Waals surface area contributed by atoms with Crippen molar-refractivity contribution in [3.05, 3.63) is 23.8 Å². The Hall–Kier alpha value is -1.26. The fourth-order valence-corrected chi connectivity index (χ4v) is 1.28. The van der Waals surface area contributed by atoms with Gasteiger partial charge >= 0.3 is 0 Å². The molecule has 0 saturated carbocycles. The molecule has 1 aromatic rings. The van der Waals surface area contributed by atoms with Crippen molar-refractivity contribution in [2.24, 2.45) is 0 Å². The summed E-state index contributed by atoms with van der Waals surface area (Å²) < 4.78 is 0. The molecule has 0 aliphatic heterocycles. The molecular weight excluding hydrogens is 182 g/mol. The first kappa shape index (κ1) is 10.8. The minimum absolute atomic E-state index is 0.0456. The first-order valence-electron chi connectivity index (χ1n) is 4.51. The van der Waals surface area contributed by atoms with Crippen LogP contribution in [-0.2, 0) is 0 Å². The Morgan fingerprint density at radius 1 is 1.36 bits per heavy atom. The van der Waals surface area contributed by atoms with Gasteiger partial charge in [0, 0.05) is 18.2 Å². The Labute approximate surface area is 82.8 Å². The standard InChI is InChI=1S/C10H15NO3/c1-7(11-4-5-12)9-6-8(13)2-3-10(9)14/h2-3,6-7,11-14H,4-5H2,1H3. The molecule has 0 heterocycles. The van der Waals surface area contributed by atoms with Crippen LogP contribution < -0.4 is 5.32 Å². The van der Waals surface area contributed by atoms with Crippen LogP contribution in [0.4, 0.5) is 0 Å². The molecule has 14 heavy (non-hydrogen) atoms. The predicted molar refractivity (Wildman–Crippen MR) is 53.3 cm³/mol. The number of benzene rings is 1. The summed E-state index contributed by atoms with van der Waals surface area (Å²) >= 11 is 0.